The lowest BCUT2D eigenvalue weighted by atomic mass is 9.84. The van der Waals surface area contributed by atoms with Crippen molar-refractivity contribution >= 4 is 40.5 Å². The molecule has 7 heteroatoms. The number of likely N-dealkylation sites (tertiary alicyclic amines) is 1. The molecule has 152 valence electrons. The van der Waals surface area contributed by atoms with E-state index in [1.807, 2.05) is 29.2 Å². The zero-order chi connectivity index (χ0) is 20.4. The molecule has 2 amide bonds. The van der Waals surface area contributed by atoms with E-state index in [4.69, 9.17) is 11.6 Å². The van der Waals surface area contributed by atoms with Crippen LogP contribution in [0.5, 0.6) is 0 Å². The highest BCUT2D eigenvalue weighted by molar-refractivity contribution is 6.30. The van der Waals surface area contributed by atoms with E-state index < -0.39 is 0 Å². The van der Waals surface area contributed by atoms with Gasteiger partial charge in [0.05, 0.1) is 23.5 Å². The molecule has 2 aromatic carbocycles. The molecule has 0 radical (unpaired) electrons. The number of piperidine rings is 1. The van der Waals surface area contributed by atoms with Crippen LogP contribution >= 0.6 is 11.6 Å². The van der Waals surface area contributed by atoms with E-state index >= 15 is 0 Å². The highest BCUT2D eigenvalue weighted by Crippen LogP contribution is 2.38. The Morgan fingerprint density at radius 1 is 1.10 bits per heavy atom. The number of benzene rings is 2. The first-order chi connectivity index (χ1) is 13.9. The van der Waals surface area contributed by atoms with Gasteiger partial charge in [-0.2, -0.15) is 0 Å². The average Bonchev–Trinajstić information content (AvgIpc) is 2.71. The number of nitrogens with zero attached hydrogens (tertiary/aromatic N) is 2. The van der Waals surface area contributed by atoms with E-state index in [2.05, 4.69) is 15.5 Å². The summed E-state index contributed by atoms with van der Waals surface area (Å²) in [5.41, 5.74) is 2.54. The summed E-state index contributed by atoms with van der Waals surface area (Å²) in [5.74, 6) is 0.0266. The standard InChI is InChI=1S/C22H25ClN4O2/c1-16(28)27-15-22(25-19-4-2-3-5-20(19)27)10-12-26(13-11-22)14-21(29)24-18-8-6-17(23)7-9-18/h2-9,25H,10-15H2,1H3,(H,24,29). The SMILES string of the molecule is CC(=O)N1CC2(CCN(CC(=O)Nc3ccc(Cl)cc3)CC2)Nc2ccccc21. The second-order valence-corrected chi connectivity index (χ2v) is 8.30. The molecule has 29 heavy (non-hydrogen) atoms. The Morgan fingerprint density at radius 2 is 1.79 bits per heavy atom. The smallest absolute Gasteiger partial charge is 0.238 e. The minimum absolute atomic E-state index is 0.0319. The molecule has 2 aliphatic rings. The Balaban J connectivity index is 1.37. The molecule has 2 aromatic rings. The van der Waals surface area contributed by atoms with Crippen molar-refractivity contribution in [2.75, 3.05) is 41.7 Å². The van der Waals surface area contributed by atoms with Crippen molar-refractivity contribution < 1.29 is 9.59 Å². The monoisotopic (exact) mass is 412 g/mol. The lowest BCUT2D eigenvalue weighted by Gasteiger charge is -2.48. The molecule has 2 N–H and O–H groups in total. The predicted octanol–water partition coefficient (Wildman–Crippen LogP) is 3.59. The quantitative estimate of drug-likeness (QED) is 0.808. The van der Waals surface area contributed by atoms with Crippen LogP contribution in [-0.2, 0) is 9.59 Å². The molecule has 0 aliphatic carbocycles. The summed E-state index contributed by atoms with van der Waals surface area (Å²) >= 11 is 5.88. The van der Waals surface area contributed by atoms with E-state index in [1.165, 1.54) is 0 Å². The van der Waals surface area contributed by atoms with Gasteiger partial charge in [0.1, 0.15) is 0 Å². The van der Waals surface area contributed by atoms with Crippen LogP contribution in [0.4, 0.5) is 17.1 Å². The Bertz CT molecular complexity index is 907. The molecule has 1 spiro atoms. The molecule has 1 saturated heterocycles. The Labute approximate surface area is 175 Å². The van der Waals surface area contributed by atoms with Gasteiger partial charge in [0.2, 0.25) is 11.8 Å². The number of amides is 2. The van der Waals surface area contributed by atoms with Crippen molar-refractivity contribution in [3.05, 3.63) is 53.6 Å². The van der Waals surface area contributed by atoms with Crippen molar-refractivity contribution in [1.29, 1.82) is 0 Å². The summed E-state index contributed by atoms with van der Waals surface area (Å²) in [7, 11) is 0. The van der Waals surface area contributed by atoms with Gasteiger partial charge in [0.15, 0.2) is 0 Å². The third-order valence-electron chi connectivity index (χ3n) is 5.74. The maximum Gasteiger partial charge on any atom is 0.238 e. The molecule has 2 aliphatic heterocycles. The molecule has 0 atom stereocenters. The van der Waals surface area contributed by atoms with Gasteiger partial charge in [0, 0.05) is 37.3 Å². The first-order valence-electron chi connectivity index (χ1n) is 9.87. The van der Waals surface area contributed by atoms with Crippen LogP contribution in [0.3, 0.4) is 0 Å². The largest absolute Gasteiger partial charge is 0.376 e. The van der Waals surface area contributed by atoms with Crippen molar-refractivity contribution in [2.24, 2.45) is 0 Å². The van der Waals surface area contributed by atoms with Gasteiger partial charge in [-0.25, -0.2) is 0 Å². The van der Waals surface area contributed by atoms with E-state index in [9.17, 15) is 9.59 Å². The summed E-state index contributed by atoms with van der Waals surface area (Å²) in [6.07, 6.45) is 1.75. The Hall–Kier alpha value is -2.57. The van der Waals surface area contributed by atoms with Gasteiger partial charge < -0.3 is 15.5 Å². The Kier molecular flexibility index (Phi) is 5.48. The van der Waals surface area contributed by atoms with Crippen molar-refractivity contribution in [1.82, 2.24) is 4.90 Å². The molecule has 0 unspecified atom stereocenters. The van der Waals surface area contributed by atoms with Crippen LogP contribution in [0.1, 0.15) is 19.8 Å². The lowest BCUT2D eigenvalue weighted by Crippen LogP contribution is -2.59. The number of halogens is 1. The topological polar surface area (TPSA) is 64.7 Å². The van der Waals surface area contributed by atoms with Gasteiger partial charge in [-0.1, -0.05) is 23.7 Å². The van der Waals surface area contributed by atoms with Crippen LogP contribution in [0.2, 0.25) is 5.02 Å². The number of para-hydroxylation sites is 2. The molecule has 1 fully saturated rings. The van der Waals surface area contributed by atoms with Crippen LogP contribution < -0.4 is 15.5 Å². The molecular weight excluding hydrogens is 388 g/mol. The molecule has 0 aromatic heterocycles. The zero-order valence-corrected chi connectivity index (χ0v) is 17.2. The number of carbonyl (C=O) groups excluding carboxylic acids is 2. The summed E-state index contributed by atoms with van der Waals surface area (Å²) in [6.45, 7) is 4.23. The normalized spacial score (nSPS) is 18.1. The molecule has 0 saturated carbocycles. The average molecular weight is 413 g/mol. The van der Waals surface area contributed by atoms with Gasteiger partial charge >= 0.3 is 0 Å². The third kappa shape index (κ3) is 4.38. The van der Waals surface area contributed by atoms with Gasteiger partial charge in [-0.3, -0.25) is 14.5 Å². The summed E-state index contributed by atoms with van der Waals surface area (Å²) in [6, 6.07) is 15.1. The van der Waals surface area contributed by atoms with E-state index in [0.29, 0.717) is 18.1 Å². The number of rotatable bonds is 3. The van der Waals surface area contributed by atoms with Crippen LogP contribution in [0.25, 0.3) is 0 Å². The van der Waals surface area contributed by atoms with Crippen molar-refractivity contribution in [3.63, 3.8) is 0 Å². The van der Waals surface area contributed by atoms with E-state index in [0.717, 1.165) is 43.0 Å². The van der Waals surface area contributed by atoms with Crippen molar-refractivity contribution in [2.45, 2.75) is 25.3 Å². The van der Waals surface area contributed by atoms with Crippen LogP contribution in [-0.4, -0.2) is 48.4 Å². The number of nitrogens with one attached hydrogen (secondary N) is 2. The van der Waals surface area contributed by atoms with Crippen LogP contribution in [0, 0.1) is 0 Å². The van der Waals surface area contributed by atoms with Crippen molar-refractivity contribution in [3.8, 4) is 0 Å². The fourth-order valence-corrected chi connectivity index (χ4v) is 4.29. The number of carbonyl (C=O) groups is 2. The minimum atomic E-state index is -0.150. The van der Waals surface area contributed by atoms with Gasteiger partial charge in [0.25, 0.3) is 0 Å². The second-order valence-electron chi connectivity index (χ2n) is 7.86. The highest BCUT2D eigenvalue weighted by atomic mass is 35.5. The molecular formula is C22H25ClN4O2. The Morgan fingerprint density at radius 3 is 2.48 bits per heavy atom. The van der Waals surface area contributed by atoms with E-state index in [1.54, 1.807) is 31.2 Å². The lowest BCUT2D eigenvalue weighted by molar-refractivity contribution is -0.117. The number of anilines is 3. The fraction of sp³-hybridized carbons (Fsp3) is 0.364. The first kappa shape index (κ1) is 19.7. The molecule has 6 nitrogen and oxygen atoms in total. The molecule has 2 heterocycles. The maximum absolute atomic E-state index is 12.4. The zero-order valence-electron chi connectivity index (χ0n) is 16.5. The fourth-order valence-electron chi connectivity index (χ4n) is 4.17. The number of fused-ring (bicyclic) bond motifs is 1. The maximum atomic E-state index is 12.4. The number of hydrogen-bond acceptors (Lipinski definition) is 4. The highest BCUT2D eigenvalue weighted by Gasteiger charge is 2.41. The van der Waals surface area contributed by atoms with Crippen LogP contribution in [0.15, 0.2) is 48.5 Å². The predicted molar refractivity (Wildman–Crippen MR) is 117 cm³/mol. The number of hydrogen-bond donors (Lipinski definition) is 2. The molecule has 4 rings (SSSR count). The second kappa shape index (κ2) is 8.05. The summed E-state index contributed by atoms with van der Waals surface area (Å²) in [5, 5.41) is 7.24. The minimum Gasteiger partial charge on any atom is -0.376 e. The van der Waals surface area contributed by atoms with Gasteiger partial charge in [-0.15, -0.1) is 0 Å². The molecule has 0 bridgehead atoms. The first-order valence-corrected chi connectivity index (χ1v) is 10.3. The summed E-state index contributed by atoms with van der Waals surface area (Å²) < 4.78 is 0. The third-order valence-corrected chi connectivity index (χ3v) is 6.00. The van der Waals surface area contributed by atoms with Gasteiger partial charge in [-0.05, 0) is 49.2 Å². The summed E-state index contributed by atoms with van der Waals surface area (Å²) in [4.78, 5) is 28.6. The van der Waals surface area contributed by atoms with E-state index in [-0.39, 0.29) is 17.4 Å².